The number of aliphatic hydroxyl groups excluding tert-OH is 1. The molecule has 1 amide bonds. The smallest absolute Gasteiger partial charge is 0.305 e. The van der Waals surface area contributed by atoms with Gasteiger partial charge in [0.1, 0.15) is 0 Å². The number of rotatable bonds is 4. The standard InChI is InChI=1S/C5H11NO2.C5H8O2.2CH4/c6-5(8)3-1-2-4-7;6-5-3-1-2-4-7-5;;/h7H,1-4H2,(H2,6,8);1-4H2;2*1H4. The van der Waals surface area contributed by atoms with Gasteiger partial charge in [-0.05, 0) is 25.7 Å². The number of amides is 1. The van der Waals surface area contributed by atoms with Crippen molar-refractivity contribution in [2.75, 3.05) is 13.2 Å². The maximum Gasteiger partial charge on any atom is 0.305 e. The summed E-state index contributed by atoms with van der Waals surface area (Å²) in [5.41, 5.74) is 4.81. The molecule has 1 heterocycles. The summed E-state index contributed by atoms with van der Waals surface area (Å²) in [4.78, 5) is 20.3. The molecule has 3 N–H and O–H groups in total. The van der Waals surface area contributed by atoms with Crippen molar-refractivity contribution < 1.29 is 19.4 Å². The molecule has 0 aliphatic carbocycles. The van der Waals surface area contributed by atoms with Gasteiger partial charge in [-0.2, -0.15) is 0 Å². The van der Waals surface area contributed by atoms with Crippen molar-refractivity contribution in [1.29, 1.82) is 0 Å². The van der Waals surface area contributed by atoms with Crippen molar-refractivity contribution in [1.82, 2.24) is 0 Å². The Balaban J connectivity index is -0.000000207. The number of primary amides is 1. The van der Waals surface area contributed by atoms with Crippen LogP contribution in [0.4, 0.5) is 0 Å². The molecule has 17 heavy (non-hydrogen) atoms. The quantitative estimate of drug-likeness (QED) is 0.585. The predicted octanol–water partition coefficient (Wildman–Crippen LogP) is 1.62. The molecule has 1 aliphatic heterocycles. The summed E-state index contributed by atoms with van der Waals surface area (Å²) < 4.78 is 4.64. The van der Waals surface area contributed by atoms with Gasteiger partial charge in [-0.3, -0.25) is 9.59 Å². The van der Waals surface area contributed by atoms with Crippen LogP contribution in [0.1, 0.15) is 53.4 Å². The number of unbranched alkanes of at least 4 members (excludes halogenated alkanes) is 1. The van der Waals surface area contributed by atoms with Gasteiger partial charge in [-0.15, -0.1) is 0 Å². The second kappa shape index (κ2) is 14.9. The lowest BCUT2D eigenvalue weighted by atomic mass is 10.2. The van der Waals surface area contributed by atoms with Crippen LogP contribution < -0.4 is 5.73 Å². The van der Waals surface area contributed by atoms with E-state index in [4.69, 9.17) is 10.8 Å². The average Bonchev–Trinajstić information content (AvgIpc) is 2.20. The summed E-state index contributed by atoms with van der Waals surface area (Å²) in [5.74, 6) is -0.329. The van der Waals surface area contributed by atoms with Crippen LogP contribution in [-0.4, -0.2) is 30.2 Å². The SMILES string of the molecule is C.C.NC(=O)CCCCO.O=C1CCCCO1. The maximum absolute atomic E-state index is 10.2. The van der Waals surface area contributed by atoms with E-state index in [2.05, 4.69) is 4.74 Å². The highest BCUT2D eigenvalue weighted by Gasteiger charge is 2.06. The zero-order valence-electron chi connectivity index (χ0n) is 8.91. The molecule has 0 atom stereocenters. The van der Waals surface area contributed by atoms with Gasteiger partial charge in [-0.25, -0.2) is 0 Å². The van der Waals surface area contributed by atoms with Crippen LogP contribution in [0.25, 0.3) is 0 Å². The van der Waals surface area contributed by atoms with Gasteiger partial charge in [0.25, 0.3) is 0 Å². The fraction of sp³-hybridized carbons (Fsp3) is 0.833. The van der Waals surface area contributed by atoms with Crippen molar-refractivity contribution in [3.63, 3.8) is 0 Å². The molecular weight excluding hydrogens is 222 g/mol. The van der Waals surface area contributed by atoms with Crippen LogP contribution >= 0.6 is 0 Å². The summed E-state index contributed by atoms with van der Waals surface area (Å²) in [6, 6.07) is 0. The van der Waals surface area contributed by atoms with Crippen molar-refractivity contribution in [3.8, 4) is 0 Å². The average molecular weight is 249 g/mol. The van der Waals surface area contributed by atoms with Gasteiger partial charge in [-0.1, -0.05) is 14.9 Å². The highest BCUT2D eigenvalue weighted by Crippen LogP contribution is 2.04. The number of nitrogens with two attached hydrogens (primary N) is 1. The molecule has 0 bridgehead atoms. The zero-order chi connectivity index (χ0) is 11.5. The number of aliphatic hydroxyl groups is 1. The fourth-order valence-corrected chi connectivity index (χ4v) is 1.04. The molecule has 104 valence electrons. The lowest BCUT2D eigenvalue weighted by Crippen LogP contribution is -2.10. The van der Waals surface area contributed by atoms with Crippen molar-refractivity contribution in [2.45, 2.75) is 53.4 Å². The van der Waals surface area contributed by atoms with Crippen LogP contribution in [0.5, 0.6) is 0 Å². The monoisotopic (exact) mass is 249 g/mol. The van der Waals surface area contributed by atoms with Crippen molar-refractivity contribution >= 4 is 11.9 Å². The van der Waals surface area contributed by atoms with Crippen molar-refractivity contribution in [3.05, 3.63) is 0 Å². The first-order valence-electron chi connectivity index (χ1n) is 5.21. The maximum atomic E-state index is 10.2. The lowest BCUT2D eigenvalue weighted by molar-refractivity contribution is -0.146. The minimum atomic E-state index is -0.293. The van der Waals surface area contributed by atoms with E-state index in [1.54, 1.807) is 0 Å². The van der Waals surface area contributed by atoms with E-state index in [9.17, 15) is 9.59 Å². The van der Waals surface area contributed by atoms with E-state index < -0.39 is 0 Å². The second-order valence-corrected chi connectivity index (χ2v) is 3.32. The minimum Gasteiger partial charge on any atom is -0.466 e. The molecule has 0 aromatic rings. The number of carbonyl (C=O) groups excluding carboxylic acids is 2. The Bertz CT molecular complexity index is 187. The molecule has 1 aliphatic rings. The summed E-state index contributed by atoms with van der Waals surface area (Å²) in [5, 5.41) is 8.23. The van der Waals surface area contributed by atoms with E-state index in [1.807, 2.05) is 0 Å². The third kappa shape index (κ3) is 17.5. The molecule has 0 radical (unpaired) electrons. The predicted molar refractivity (Wildman–Crippen MR) is 68.4 cm³/mol. The number of esters is 1. The Kier molecular flexibility index (Phi) is 18.6. The van der Waals surface area contributed by atoms with Crippen LogP contribution in [-0.2, 0) is 14.3 Å². The van der Waals surface area contributed by atoms with Crippen molar-refractivity contribution in [2.24, 2.45) is 5.73 Å². The fourth-order valence-electron chi connectivity index (χ4n) is 1.04. The van der Waals surface area contributed by atoms with Crippen LogP contribution in [0.3, 0.4) is 0 Å². The van der Waals surface area contributed by atoms with Crippen LogP contribution in [0, 0.1) is 0 Å². The molecular formula is C12H27NO4. The molecule has 1 rings (SSSR count). The Morgan fingerprint density at radius 2 is 1.94 bits per heavy atom. The van der Waals surface area contributed by atoms with Gasteiger partial charge in [0, 0.05) is 19.4 Å². The van der Waals surface area contributed by atoms with E-state index in [0.717, 1.165) is 12.8 Å². The molecule has 1 saturated heterocycles. The second-order valence-electron chi connectivity index (χ2n) is 3.32. The van der Waals surface area contributed by atoms with E-state index in [1.165, 1.54) is 0 Å². The molecule has 5 nitrogen and oxygen atoms in total. The molecule has 0 aromatic carbocycles. The Morgan fingerprint density at radius 3 is 2.24 bits per heavy atom. The summed E-state index contributed by atoms with van der Waals surface area (Å²) in [7, 11) is 0. The zero-order valence-corrected chi connectivity index (χ0v) is 8.91. The molecule has 0 saturated carbocycles. The number of ether oxygens (including phenoxy) is 1. The largest absolute Gasteiger partial charge is 0.466 e. The van der Waals surface area contributed by atoms with Crippen LogP contribution in [0.15, 0.2) is 0 Å². The molecule has 0 aromatic heterocycles. The highest BCUT2D eigenvalue weighted by molar-refractivity contribution is 5.73. The minimum absolute atomic E-state index is 0. The first-order valence-corrected chi connectivity index (χ1v) is 5.21. The van der Waals surface area contributed by atoms with Gasteiger partial charge >= 0.3 is 5.97 Å². The Hall–Kier alpha value is -1.10. The topological polar surface area (TPSA) is 89.6 Å². The van der Waals surface area contributed by atoms with Gasteiger partial charge in [0.05, 0.1) is 6.61 Å². The van der Waals surface area contributed by atoms with Gasteiger partial charge in [0.15, 0.2) is 0 Å². The summed E-state index contributed by atoms with van der Waals surface area (Å²) >= 11 is 0. The normalized spacial score (nSPS) is 13.1. The third-order valence-electron chi connectivity index (χ3n) is 1.87. The Morgan fingerprint density at radius 1 is 1.29 bits per heavy atom. The first-order chi connectivity index (χ1) is 7.16. The van der Waals surface area contributed by atoms with Crippen LogP contribution in [0.2, 0.25) is 0 Å². The third-order valence-corrected chi connectivity index (χ3v) is 1.87. The van der Waals surface area contributed by atoms with Gasteiger partial charge in [0.2, 0.25) is 5.91 Å². The summed E-state index contributed by atoms with van der Waals surface area (Å²) in [6.07, 6.45) is 4.44. The highest BCUT2D eigenvalue weighted by atomic mass is 16.5. The molecule has 0 unspecified atom stereocenters. The lowest BCUT2D eigenvalue weighted by Gasteiger charge is -2.08. The van der Waals surface area contributed by atoms with E-state index in [0.29, 0.717) is 32.3 Å². The Labute approximate surface area is 104 Å². The number of cyclic esters (lactones) is 1. The van der Waals surface area contributed by atoms with E-state index in [-0.39, 0.29) is 33.3 Å². The number of carbonyl (C=O) groups is 2. The molecule has 0 spiro atoms. The first kappa shape index (κ1) is 21.2. The number of hydrogen-bond donors (Lipinski definition) is 2. The van der Waals surface area contributed by atoms with Gasteiger partial charge < -0.3 is 15.6 Å². The summed E-state index contributed by atoms with van der Waals surface area (Å²) in [6.45, 7) is 0.784. The molecule has 5 heteroatoms. The van der Waals surface area contributed by atoms with E-state index >= 15 is 0 Å². The number of hydrogen-bond acceptors (Lipinski definition) is 4. The molecule has 1 fully saturated rings.